The first-order valence-corrected chi connectivity index (χ1v) is 24.7. The molecule has 0 unspecified atom stereocenters. The minimum Gasteiger partial charge on any atom is -0.310 e. The van der Waals surface area contributed by atoms with Gasteiger partial charge in [-0.3, -0.25) is 0 Å². The molecule has 0 aliphatic rings. The summed E-state index contributed by atoms with van der Waals surface area (Å²) in [5.41, 5.74) is 21.0. The quantitative estimate of drug-likeness (QED) is 0.133. The molecule has 338 valence electrons. The minimum absolute atomic E-state index is 1.07. The number of anilines is 3. The highest BCUT2D eigenvalue weighted by Crippen LogP contribution is 2.44. The van der Waals surface area contributed by atoms with Crippen molar-refractivity contribution in [2.45, 2.75) is 0 Å². The highest BCUT2D eigenvalue weighted by atomic mass is 15.1. The number of rotatable bonds is 10. The fourth-order valence-corrected chi connectivity index (χ4v) is 10.7. The summed E-state index contributed by atoms with van der Waals surface area (Å²) in [6.07, 6.45) is 0. The normalized spacial score (nSPS) is 11.3. The van der Waals surface area contributed by atoms with Crippen LogP contribution in [-0.2, 0) is 0 Å². The Kier molecular flexibility index (Phi) is 10.9. The van der Waals surface area contributed by atoms with Crippen LogP contribution in [0.1, 0.15) is 0 Å². The predicted molar refractivity (Wildman–Crippen MR) is 306 cm³/mol. The van der Waals surface area contributed by atoms with Crippen molar-refractivity contribution in [1.82, 2.24) is 4.57 Å². The van der Waals surface area contributed by atoms with Gasteiger partial charge in [0.2, 0.25) is 0 Å². The number of fused-ring (bicyclic) bond motifs is 5. The zero-order valence-corrected chi connectivity index (χ0v) is 39.6. The summed E-state index contributed by atoms with van der Waals surface area (Å²) in [7, 11) is 0. The summed E-state index contributed by atoms with van der Waals surface area (Å²) in [5.74, 6) is 0. The van der Waals surface area contributed by atoms with Crippen LogP contribution >= 0.6 is 0 Å². The van der Waals surface area contributed by atoms with E-state index in [1.807, 2.05) is 0 Å². The van der Waals surface area contributed by atoms with Gasteiger partial charge in [0.15, 0.2) is 0 Å². The van der Waals surface area contributed by atoms with Gasteiger partial charge in [0.1, 0.15) is 0 Å². The first-order valence-electron chi connectivity index (χ1n) is 24.7. The van der Waals surface area contributed by atoms with E-state index in [1.54, 1.807) is 0 Å². The van der Waals surface area contributed by atoms with Gasteiger partial charge < -0.3 is 9.47 Å². The summed E-state index contributed by atoms with van der Waals surface area (Å²) < 4.78 is 2.45. The lowest BCUT2D eigenvalue weighted by Crippen LogP contribution is -2.10. The number of benzene rings is 12. The van der Waals surface area contributed by atoms with Gasteiger partial charge in [-0.15, -0.1) is 0 Å². The largest absolute Gasteiger partial charge is 0.310 e. The molecule has 13 rings (SSSR count). The van der Waals surface area contributed by atoms with Crippen LogP contribution in [0.2, 0.25) is 0 Å². The third-order valence-corrected chi connectivity index (χ3v) is 14.2. The van der Waals surface area contributed by atoms with Gasteiger partial charge in [0, 0.05) is 38.9 Å². The molecule has 12 aromatic carbocycles. The molecule has 0 radical (unpaired) electrons. The van der Waals surface area contributed by atoms with Gasteiger partial charge in [-0.2, -0.15) is 0 Å². The Morgan fingerprint density at radius 2 is 0.681 bits per heavy atom. The maximum absolute atomic E-state index is 2.45. The predicted octanol–water partition coefficient (Wildman–Crippen LogP) is 19.4. The fourth-order valence-electron chi connectivity index (χ4n) is 10.7. The molecule has 0 fully saturated rings. The summed E-state index contributed by atoms with van der Waals surface area (Å²) in [6, 6.07) is 106. The summed E-state index contributed by atoms with van der Waals surface area (Å²) in [6.45, 7) is 0. The van der Waals surface area contributed by atoms with Gasteiger partial charge in [-0.1, -0.05) is 218 Å². The molecule has 72 heavy (non-hydrogen) atoms. The average Bonchev–Trinajstić information content (AvgIpc) is 3.82. The number of aromatic nitrogens is 1. The van der Waals surface area contributed by atoms with Gasteiger partial charge in [-0.05, 0) is 145 Å². The van der Waals surface area contributed by atoms with Gasteiger partial charge in [0.05, 0.1) is 11.0 Å². The lowest BCUT2D eigenvalue weighted by molar-refractivity contribution is 1.19. The van der Waals surface area contributed by atoms with Crippen LogP contribution in [-0.4, -0.2) is 4.57 Å². The van der Waals surface area contributed by atoms with Crippen LogP contribution in [0, 0.1) is 0 Å². The Hall–Kier alpha value is -9.50. The molecule has 0 bridgehead atoms. The maximum Gasteiger partial charge on any atom is 0.0619 e. The Labute approximate surface area is 420 Å². The molecule has 2 nitrogen and oxygen atoms in total. The van der Waals surface area contributed by atoms with Crippen molar-refractivity contribution in [2.75, 3.05) is 4.90 Å². The minimum atomic E-state index is 1.07. The molecule has 0 aliphatic carbocycles. The topological polar surface area (TPSA) is 8.17 Å². The summed E-state index contributed by atoms with van der Waals surface area (Å²) >= 11 is 0. The number of nitrogens with zero attached hydrogens (tertiary/aromatic N) is 2. The van der Waals surface area contributed by atoms with Gasteiger partial charge in [-0.25, -0.2) is 0 Å². The van der Waals surface area contributed by atoms with E-state index in [-0.39, 0.29) is 0 Å². The molecule has 0 spiro atoms. The van der Waals surface area contributed by atoms with Crippen molar-refractivity contribution in [1.29, 1.82) is 0 Å². The molecular formula is C70H48N2. The second-order valence-electron chi connectivity index (χ2n) is 18.5. The van der Waals surface area contributed by atoms with E-state index >= 15 is 0 Å². The van der Waals surface area contributed by atoms with Crippen LogP contribution in [0.4, 0.5) is 17.1 Å². The Balaban J connectivity index is 0.939. The zero-order valence-electron chi connectivity index (χ0n) is 39.6. The van der Waals surface area contributed by atoms with Crippen LogP contribution in [0.5, 0.6) is 0 Å². The summed E-state index contributed by atoms with van der Waals surface area (Å²) in [4.78, 5) is 2.40. The first-order chi connectivity index (χ1) is 35.7. The SMILES string of the molecule is c1ccc(-c2ccc(-c3ccc(N(c4ccc(-c5cc(-c6ccccc6)cc(-c6ccccc6)c5)cc4)c4cccc(-c5cccc6c5c5ccc7ccccc7c5n6-c5ccccc5)c4)cc3)cc2)cc1. The summed E-state index contributed by atoms with van der Waals surface area (Å²) in [5, 5.41) is 4.94. The third kappa shape index (κ3) is 7.92. The average molecular weight is 917 g/mol. The molecule has 0 saturated heterocycles. The molecule has 2 heteroatoms. The molecule has 0 atom stereocenters. The van der Waals surface area contributed by atoms with Gasteiger partial charge in [0.25, 0.3) is 0 Å². The lowest BCUT2D eigenvalue weighted by Gasteiger charge is -2.26. The molecule has 13 aromatic rings. The highest BCUT2D eigenvalue weighted by molar-refractivity contribution is 6.22. The molecule has 1 aromatic heterocycles. The lowest BCUT2D eigenvalue weighted by atomic mass is 9.93. The molecule has 0 N–H and O–H groups in total. The van der Waals surface area contributed by atoms with E-state index < -0.39 is 0 Å². The Bertz CT molecular complexity index is 3970. The van der Waals surface area contributed by atoms with Crippen molar-refractivity contribution in [2.24, 2.45) is 0 Å². The standard InChI is InChI=1S/C70H48N2/c1-5-17-49(18-6-1)52-31-33-53(34-32-52)54-35-40-62(41-36-54)71(63-42-37-55(38-43-63)60-46-58(50-19-7-2-8-20-50)45-59(47-60)51-21-9-3-10-22-51)64-27-15-24-57(48-64)65-29-16-30-68-69(65)67-44-39-56-23-13-14-28-66(56)70(67)72(68)61-25-11-4-12-26-61/h1-48H. The van der Waals surface area contributed by atoms with Crippen molar-refractivity contribution in [3.8, 4) is 72.4 Å². The highest BCUT2D eigenvalue weighted by Gasteiger charge is 2.20. The van der Waals surface area contributed by atoms with Crippen LogP contribution < -0.4 is 4.90 Å². The number of para-hydroxylation sites is 1. The van der Waals surface area contributed by atoms with E-state index in [4.69, 9.17) is 0 Å². The zero-order chi connectivity index (χ0) is 47.8. The van der Waals surface area contributed by atoms with Gasteiger partial charge >= 0.3 is 0 Å². The number of hydrogen-bond donors (Lipinski definition) is 0. The molecule has 0 amide bonds. The maximum atomic E-state index is 2.45. The van der Waals surface area contributed by atoms with Crippen molar-refractivity contribution in [3.63, 3.8) is 0 Å². The Morgan fingerprint density at radius 1 is 0.250 bits per heavy atom. The van der Waals surface area contributed by atoms with E-state index in [0.29, 0.717) is 0 Å². The van der Waals surface area contributed by atoms with E-state index in [2.05, 4.69) is 301 Å². The second kappa shape index (κ2) is 18.4. The fraction of sp³-hybridized carbons (Fsp3) is 0. The van der Waals surface area contributed by atoms with Crippen LogP contribution in [0.25, 0.3) is 105 Å². The first kappa shape index (κ1) is 42.6. The van der Waals surface area contributed by atoms with Crippen molar-refractivity contribution in [3.05, 3.63) is 291 Å². The van der Waals surface area contributed by atoms with Crippen molar-refractivity contribution >= 4 is 49.6 Å². The third-order valence-electron chi connectivity index (χ3n) is 14.2. The van der Waals surface area contributed by atoms with E-state index in [9.17, 15) is 0 Å². The molecular weight excluding hydrogens is 869 g/mol. The van der Waals surface area contributed by atoms with E-state index in [1.165, 1.54) is 88.2 Å². The van der Waals surface area contributed by atoms with Crippen LogP contribution in [0.3, 0.4) is 0 Å². The Morgan fingerprint density at radius 3 is 1.24 bits per heavy atom. The second-order valence-corrected chi connectivity index (χ2v) is 18.5. The van der Waals surface area contributed by atoms with E-state index in [0.717, 1.165) is 33.9 Å². The smallest absolute Gasteiger partial charge is 0.0619 e. The van der Waals surface area contributed by atoms with Crippen LogP contribution in [0.15, 0.2) is 291 Å². The number of hydrogen-bond acceptors (Lipinski definition) is 1. The van der Waals surface area contributed by atoms with Crippen molar-refractivity contribution < 1.29 is 0 Å². The molecule has 0 saturated carbocycles. The molecule has 0 aliphatic heterocycles. The molecule has 1 heterocycles. The monoisotopic (exact) mass is 916 g/mol.